The standard InChI is InChI=1S/C18H11F5N2/c1-10-2-4-16(24-8-10)12-6-13(15(20)7-14(12)19)17-5-3-11(9-25-17)18(21,22)23/h2-9H,1H3. The topological polar surface area (TPSA) is 25.8 Å². The quantitative estimate of drug-likeness (QED) is 0.577. The van der Waals surface area contributed by atoms with E-state index in [1.165, 1.54) is 12.3 Å². The lowest BCUT2D eigenvalue weighted by molar-refractivity contribution is -0.137. The summed E-state index contributed by atoms with van der Waals surface area (Å²) in [7, 11) is 0. The highest BCUT2D eigenvalue weighted by atomic mass is 19.4. The zero-order valence-electron chi connectivity index (χ0n) is 12.9. The maximum absolute atomic E-state index is 14.1. The molecule has 2 heterocycles. The van der Waals surface area contributed by atoms with Crippen molar-refractivity contribution in [3.05, 3.63) is 71.6 Å². The molecular weight excluding hydrogens is 339 g/mol. The largest absolute Gasteiger partial charge is 0.417 e. The normalized spacial score (nSPS) is 11.6. The van der Waals surface area contributed by atoms with Crippen LogP contribution in [0.5, 0.6) is 0 Å². The van der Waals surface area contributed by atoms with E-state index in [1.807, 2.05) is 6.92 Å². The third-order valence-corrected chi connectivity index (χ3v) is 3.61. The van der Waals surface area contributed by atoms with Gasteiger partial charge in [0.15, 0.2) is 0 Å². The molecule has 0 atom stereocenters. The van der Waals surface area contributed by atoms with E-state index in [2.05, 4.69) is 9.97 Å². The summed E-state index contributed by atoms with van der Waals surface area (Å²) >= 11 is 0. The number of pyridine rings is 2. The SMILES string of the molecule is Cc1ccc(-c2cc(-c3ccc(C(F)(F)F)cn3)c(F)cc2F)nc1. The molecule has 0 N–H and O–H groups in total. The molecule has 2 nitrogen and oxygen atoms in total. The molecule has 0 amide bonds. The second-order valence-corrected chi connectivity index (χ2v) is 5.46. The van der Waals surface area contributed by atoms with Gasteiger partial charge in [-0.3, -0.25) is 9.97 Å². The summed E-state index contributed by atoms with van der Waals surface area (Å²) in [5.41, 5.74) is 0.121. The molecule has 25 heavy (non-hydrogen) atoms. The Kier molecular flexibility index (Phi) is 4.24. The third-order valence-electron chi connectivity index (χ3n) is 3.61. The summed E-state index contributed by atoms with van der Waals surface area (Å²) in [6.45, 7) is 1.81. The van der Waals surface area contributed by atoms with E-state index in [1.54, 1.807) is 12.1 Å². The van der Waals surface area contributed by atoms with Gasteiger partial charge in [-0.1, -0.05) is 6.07 Å². The van der Waals surface area contributed by atoms with Crippen LogP contribution in [0.2, 0.25) is 0 Å². The molecule has 0 saturated carbocycles. The van der Waals surface area contributed by atoms with Crippen LogP contribution in [0.3, 0.4) is 0 Å². The van der Waals surface area contributed by atoms with Crippen LogP contribution in [0.1, 0.15) is 11.1 Å². The van der Waals surface area contributed by atoms with Crippen LogP contribution in [-0.2, 0) is 6.18 Å². The van der Waals surface area contributed by atoms with E-state index >= 15 is 0 Å². The Morgan fingerprint density at radius 2 is 1.32 bits per heavy atom. The van der Waals surface area contributed by atoms with Gasteiger partial charge in [0.2, 0.25) is 0 Å². The van der Waals surface area contributed by atoms with Crippen LogP contribution in [0.25, 0.3) is 22.5 Å². The molecule has 0 bridgehead atoms. The summed E-state index contributed by atoms with van der Waals surface area (Å²) in [6, 6.07) is 7.01. The lowest BCUT2D eigenvalue weighted by Gasteiger charge is -2.10. The molecule has 0 aliphatic rings. The molecule has 0 fully saturated rings. The fraction of sp³-hybridized carbons (Fsp3) is 0.111. The molecule has 0 saturated heterocycles. The van der Waals surface area contributed by atoms with Crippen LogP contribution in [-0.4, -0.2) is 9.97 Å². The number of benzene rings is 1. The highest BCUT2D eigenvalue weighted by Crippen LogP contribution is 2.32. The van der Waals surface area contributed by atoms with Crippen molar-refractivity contribution in [2.75, 3.05) is 0 Å². The second kappa shape index (κ2) is 6.23. The Morgan fingerprint density at radius 3 is 1.76 bits per heavy atom. The van der Waals surface area contributed by atoms with E-state index in [9.17, 15) is 22.0 Å². The lowest BCUT2D eigenvalue weighted by Crippen LogP contribution is -2.05. The van der Waals surface area contributed by atoms with E-state index in [0.29, 0.717) is 12.3 Å². The summed E-state index contributed by atoms with van der Waals surface area (Å²) < 4.78 is 66.0. The Morgan fingerprint density at radius 1 is 0.760 bits per heavy atom. The molecule has 7 heteroatoms. The summed E-state index contributed by atoms with van der Waals surface area (Å²) in [6.07, 6.45) is -2.39. The van der Waals surface area contributed by atoms with Gasteiger partial charge in [-0.25, -0.2) is 8.78 Å². The Hall–Kier alpha value is -2.83. The Balaban J connectivity index is 2.08. The maximum Gasteiger partial charge on any atom is 0.417 e. The predicted molar refractivity (Wildman–Crippen MR) is 82.6 cm³/mol. The molecule has 0 aliphatic carbocycles. The molecule has 128 valence electrons. The fourth-order valence-electron chi connectivity index (χ4n) is 2.29. The molecule has 0 radical (unpaired) electrons. The first-order chi connectivity index (χ1) is 11.8. The van der Waals surface area contributed by atoms with E-state index in [0.717, 1.165) is 17.7 Å². The number of aryl methyl sites for hydroxylation is 1. The van der Waals surface area contributed by atoms with Gasteiger partial charge in [0.25, 0.3) is 0 Å². The van der Waals surface area contributed by atoms with Crippen molar-refractivity contribution in [1.82, 2.24) is 9.97 Å². The Labute approximate surface area is 140 Å². The van der Waals surface area contributed by atoms with E-state index in [4.69, 9.17) is 0 Å². The van der Waals surface area contributed by atoms with Crippen LogP contribution in [0.15, 0.2) is 48.8 Å². The summed E-state index contributed by atoms with van der Waals surface area (Å²) in [5.74, 6) is -1.73. The minimum Gasteiger partial charge on any atom is -0.256 e. The van der Waals surface area contributed by atoms with Crippen LogP contribution in [0, 0.1) is 18.6 Å². The van der Waals surface area contributed by atoms with Gasteiger partial charge in [-0.05, 0) is 36.8 Å². The molecule has 0 spiro atoms. The van der Waals surface area contributed by atoms with Crippen molar-refractivity contribution in [3.63, 3.8) is 0 Å². The van der Waals surface area contributed by atoms with Gasteiger partial charge < -0.3 is 0 Å². The number of halogens is 5. The highest BCUT2D eigenvalue weighted by Gasteiger charge is 2.30. The van der Waals surface area contributed by atoms with Crippen molar-refractivity contribution >= 4 is 0 Å². The average molecular weight is 350 g/mol. The van der Waals surface area contributed by atoms with Gasteiger partial charge in [0.05, 0.1) is 17.0 Å². The number of hydrogen-bond acceptors (Lipinski definition) is 2. The number of aromatic nitrogens is 2. The number of alkyl halides is 3. The summed E-state index contributed by atoms with van der Waals surface area (Å²) in [4.78, 5) is 7.74. The molecule has 2 aromatic heterocycles. The summed E-state index contributed by atoms with van der Waals surface area (Å²) in [5, 5.41) is 0. The van der Waals surface area contributed by atoms with Crippen molar-refractivity contribution < 1.29 is 22.0 Å². The highest BCUT2D eigenvalue weighted by molar-refractivity contribution is 5.70. The molecule has 1 aromatic carbocycles. The van der Waals surface area contributed by atoms with E-state index in [-0.39, 0.29) is 22.5 Å². The predicted octanol–water partition coefficient (Wildman–Crippen LogP) is 5.42. The molecule has 3 rings (SSSR count). The fourth-order valence-corrected chi connectivity index (χ4v) is 2.29. The van der Waals surface area contributed by atoms with Crippen molar-refractivity contribution in [2.45, 2.75) is 13.1 Å². The third kappa shape index (κ3) is 3.50. The first-order valence-electron chi connectivity index (χ1n) is 7.21. The lowest BCUT2D eigenvalue weighted by atomic mass is 10.0. The van der Waals surface area contributed by atoms with Crippen LogP contribution in [0.4, 0.5) is 22.0 Å². The zero-order valence-corrected chi connectivity index (χ0v) is 12.9. The first kappa shape index (κ1) is 17.0. The van der Waals surface area contributed by atoms with Gasteiger partial charge in [0, 0.05) is 29.6 Å². The average Bonchev–Trinajstić information content (AvgIpc) is 2.55. The van der Waals surface area contributed by atoms with Crippen LogP contribution >= 0.6 is 0 Å². The molecule has 3 aromatic rings. The van der Waals surface area contributed by atoms with Gasteiger partial charge in [0.1, 0.15) is 11.6 Å². The monoisotopic (exact) mass is 350 g/mol. The van der Waals surface area contributed by atoms with Gasteiger partial charge in [-0.2, -0.15) is 13.2 Å². The number of rotatable bonds is 2. The van der Waals surface area contributed by atoms with Crippen LogP contribution < -0.4 is 0 Å². The minimum atomic E-state index is -4.54. The first-order valence-corrected chi connectivity index (χ1v) is 7.21. The number of nitrogens with zero attached hydrogens (tertiary/aromatic N) is 2. The Bertz CT molecular complexity index is 900. The van der Waals surface area contributed by atoms with Gasteiger partial charge >= 0.3 is 6.18 Å². The molecule has 0 aliphatic heterocycles. The van der Waals surface area contributed by atoms with Crippen molar-refractivity contribution in [1.29, 1.82) is 0 Å². The van der Waals surface area contributed by atoms with Crippen molar-refractivity contribution in [3.8, 4) is 22.5 Å². The molecular formula is C18H11F5N2. The zero-order chi connectivity index (χ0) is 18.2. The second-order valence-electron chi connectivity index (χ2n) is 5.46. The van der Waals surface area contributed by atoms with Gasteiger partial charge in [-0.15, -0.1) is 0 Å². The molecule has 0 unspecified atom stereocenters. The van der Waals surface area contributed by atoms with Crippen molar-refractivity contribution in [2.24, 2.45) is 0 Å². The minimum absolute atomic E-state index is 0.0288. The maximum atomic E-state index is 14.1. The smallest absolute Gasteiger partial charge is 0.256 e. The van der Waals surface area contributed by atoms with E-state index < -0.39 is 23.4 Å². The number of hydrogen-bond donors (Lipinski definition) is 0.